The Morgan fingerprint density at radius 2 is 1.86 bits per heavy atom. The summed E-state index contributed by atoms with van der Waals surface area (Å²) in [4.78, 5) is 0. The predicted octanol–water partition coefficient (Wildman–Crippen LogP) is 3.05. The second-order valence-corrected chi connectivity index (χ2v) is 4.74. The van der Waals surface area contributed by atoms with E-state index in [4.69, 9.17) is 4.74 Å². The fraction of sp³-hybridized carbons (Fsp3) is 0.294. The van der Waals surface area contributed by atoms with E-state index in [0.29, 0.717) is 25.3 Å². The van der Waals surface area contributed by atoms with Gasteiger partial charge in [0, 0.05) is 18.7 Å². The van der Waals surface area contributed by atoms with Crippen LogP contribution < -0.4 is 10.1 Å². The van der Waals surface area contributed by atoms with Crippen molar-refractivity contribution in [2.75, 3.05) is 13.2 Å². The van der Waals surface area contributed by atoms with E-state index in [1.807, 2.05) is 31.2 Å². The zero-order valence-corrected chi connectivity index (χ0v) is 12.1. The van der Waals surface area contributed by atoms with Crippen LogP contribution in [0.15, 0.2) is 48.5 Å². The molecule has 2 rings (SSSR count). The van der Waals surface area contributed by atoms with Crippen molar-refractivity contribution in [2.24, 2.45) is 0 Å². The average Bonchev–Trinajstić information content (AvgIpc) is 2.50. The lowest BCUT2D eigenvalue weighted by Crippen LogP contribution is -2.21. The normalized spacial score (nSPS) is 12.1. The second kappa shape index (κ2) is 7.76. The Morgan fingerprint density at radius 1 is 1.14 bits per heavy atom. The van der Waals surface area contributed by atoms with Crippen molar-refractivity contribution >= 4 is 0 Å². The smallest absolute Gasteiger partial charge is 0.127 e. The molecule has 0 spiro atoms. The number of nitrogens with one attached hydrogen (secondary N) is 1. The molecule has 3 nitrogen and oxygen atoms in total. The van der Waals surface area contributed by atoms with E-state index in [0.717, 1.165) is 11.3 Å². The van der Waals surface area contributed by atoms with E-state index in [2.05, 4.69) is 5.32 Å². The summed E-state index contributed by atoms with van der Waals surface area (Å²) in [6.07, 6.45) is -0.632. The molecule has 0 aliphatic carbocycles. The summed E-state index contributed by atoms with van der Waals surface area (Å²) in [6.45, 7) is 3.30. The van der Waals surface area contributed by atoms with Gasteiger partial charge in [0.05, 0.1) is 12.7 Å². The van der Waals surface area contributed by atoms with E-state index >= 15 is 0 Å². The van der Waals surface area contributed by atoms with Gasteiger partial charge in [-0.05, 0) is 30.7 Å². The molecule has 112 valence electrons. The van der Waals surface area contributed by atoms with Crippen molar-refractivity contribution in [2.45, 2.75) is 19.6 Å². The molecule has 1 unspecified atom stereocenters. The first kappa shape index (κ1) is 15.5. The highest BCUT2D eigenvalue weighted by Crippen LogP contribution is 2.17. The van der Waals surface area contributed by atoms with Gasteiger partial charge in [0.2, 0.25) is 0 Å². The molecule has 0 amide bonds. The molecule has 0 aliphatic heterocycles. The Labute approximate surface area is 124 Å². The quantitative estimate of drug-likeness (QED) is 0.823. The fourth-order valence-electron chi connectivity index (χ4n) is 2.06. The van der Waals surface area contributed by atoms with Crippen LogP contribution in [-0.2, 0) is 6.54 Å². The average molecular weight is 289 g/mol. The highest BCUT2D eigenvalue weighted by atomic mass is 19.1. The monoisotopic (exact) mass is 289 g/mol. The molecule has 0 bridgehead atoms. The fourth-order valence-corrected chi connectivity index (χ4v) is 2.06. The van der Waals surface area contributed by atoms with Gasteiger partial charge in [-0.25, -0.2) is 4.39 Å². The molecule has 2 aromatic rings. The zero-order valence-electron chi connectivity index (χ0n) is 12.1. The summed E-state index contributed by atoms with van der Waals surface area (Å²) in [5.41, 5.74) is 1.40. The lowest BCUT2D eigenvalue weighted by Gasteiger charge is -2.13. The first-order valence-electron chi connectivity index (χ1n) is 7.05. The number of rotatable bonds is 7. The minimum Gasteiger partial charge on any atom is -0.494 e. The van der Waals surface area contributed by atoms with E-state index < -0.39 is 6.10 Å². The number of aliphatic hydroxyl groups is 1. The number of aliphatic hydroxyl groups excluding tert-OH is 1. The molecule has 0 fully saturated rings. The minimum absolute atomic E-state index is 0.236. The number of hydrogen-bond acceptors (Lipinski definition) is 3. The third kappa shape index (κ3) is 4.55. The van der Waals surface area contributed by atoms with Crippen LogP contribution in [-0.4, -0.2) is 18.3 Å². The molecule has 2 N–H and O–H groups in total. The van der Waals surface area contributed by atoms with Crippen LogP contribution in [0.2, 0.25) is 0 Å². The molecule has 0 saturated carbocycles. The molecule has 0 heterocycles. The summed E-state index contributed by atoms with van der Waals surface area (Å²) in [5, 5.41) is 13.2. The third-order valence-electron chi connectivity index (χ3n) is 3.19. The molecule has 0 aromatic heterocycles. The minimum atomic E-state index is -0.632. The van der Waals surface area contributed by atoms with Crippen molar-refractivity contribution in [1.82, 2.24) is 5.32 Å². The number of halogens is 1. The maximum absolute atomic E-state index is 13.4. The van der Waals surface area contributed by atoms with Gasteiger partial charge in [-0.3, -0.25) is 0 Å². The van der Waals surface area contributed by atoms with Crippen LogP contribution in [0.4, 0.5) is 4.39 Å². The van der Waals surface area contributed by atoms with E-state index in [-0.39, 0.29) is 5.82 Å². The van der Waals surface area contributed by atoms with Gasteiger partial charge in [0.1, 0.15) is 11.6 Å². The molecule has 21 heavy (non-hydrogen) atoms. The summed E-state index contributed by atoms with van der Waals surface area (Å²) < 4.78 is 18.8. The molecule has 2 aromatic carbocycles. The number of benzene rings is 2. The van der Waals surface area contributed by atoms with Gasteiger partial charge in [0.15, 0.2) is 0 Å². The second-order valence-electron chi connectivity index (χ2n) is 4.74. The SMILES string of the molecule is CCOc1ccc(C(O)CNCc2ccccc2F)cc1. The Balaban J connectivity index is 1.84. The molecular formula is C17H20FNO2. The van der Waals surface area contributed by atoms with Crippen molar-refractivity contribution in [3.05, 3.63) is 65.5 Å². The molecule has 0 saturated heterocycles. The summed E-state index contributed by atoms with van der Waals surface area (Å²) >= 11 is 0. The van der Waals surface area contributed by atoms with Crippen molar-refractivity contribution in [3.63, 3.8) is 0 Å². The van der Waals surface area contributed by atoms with Gasteiger partial charge < -0.3 is 15.2 Å². The van der Waals surface area contributed by atoms with Crippen LogP contribution in [0.5, 0.6) is 5.75 Å². The maximum Gasteiger partial charge on any atom is 0.127 e. The third-order valence-corrected chi connectivity index (χ3v) is 3.19. The first-order valence-corrected chi connectivity index (χ1v) is 7.05. The van der Waals surface area contributed by atoms with Crippen LogP contribution >= 0.6 is 0 Å². The van der Waals surface area contributed by atoms with Crippen LogP contribution in [0.25, 0.3) is 0 Å². The van der Waals surface area contributed by atoms with Crippen LogP contribution in [0.3, 0.4) is 0 Å². The van der Waals surface area contributed by atoms with E-state index in [1.165, 1.54) is 6.07 Å². The summed E-state index contributed by atoms with van der Waals surface area (Å²) in [7, 11) is 0. The Bertz CT molecular complexity index is 557. The number of ether oxygens (including phenoxy) is 1. The maximum atomic E-state index is 13.4. The topological polar surface area (TPSA) is 41.5 Å². The molecule has 4 heteroatoms. The molecule has 0 aliphatic rings. The van der Waals surface area contributed by atoms with Crippen LogP contribution in [0.1, 0.15) is 24.2 Å². The van der Waals surface area contributed by atoms with Crippen molar-refractivity contribution in [1.29, 1.82) is 0 Å². The standard InChI is InChI=1S/C17H20FNO2/c1-2-21-15-9-7-13(8-10-15)17(20)12-19-11-14-5-3-4-6-16(14)18/h3-10,17,19-20H,2,11-12H2,1H3. The van der Waals surface area contributed by atoms with E-state index in [1.54, 1.807) is 18.2 Å². The highest BCUT2D eigenvalue weighted by Gasteiger charge is 2.08. The largest absolute Gasteiger partial charge is 0.494 e. The van der Waals surface area contributed by atoms with Crippen LogP contribution in [0, 0.1) is 5.82 Å². The van der Waals surface area contributed by atoms with Gasteiger partial charge in [-0.15, -0.1) is 0 Å². The summed E-state index contributed by atoms with van der Waals surface area (Å²) in [6, 6.07) is 13.9. The highest BCUT2D eigenvalue weighted by molar-refractivity contribution is 5.28. The van der Waals surface area contributed by atoms with Crippen molar-refractivity contribution < 1.29 is 14.2 Å². The molecule has 0 radical (unpaired) electrons. The first-order chi connectivity index (χ1) is 10.2. The van der Waals surface area contributed by atoms with Gasteiger partial charge >= 0.3 is 0 Å². The van der Waals surface area contributed by atoms with Gasteiger partial charge in [-0.1, -0.05) is 30.3 Å². The Morgan fingerprint density at radius 3 is 2.52 bits per heavy atom. The lowest BCUT2D eigenvalue weighted by molar-refractivity contribution is 0.174. The van der Waals surface area contributed by atoms with Gasteiger partial charge in [0.25, 0.3) is 0 Å². The molecular weight excluding hydrogens is 269 g/mol. The van der Waals surface area contributed by atoms with E-state index in [9.17, 15) is 9.50 Å². The predicted molar refractivity (Wildman–Crippen MR) is 80.7 cm³/mol. The van der Waals surface area contributed by atoms with Gasteiger partial charge in [-0.2, -0.15) is 0 Å². The lowest BCUT2D eigenvalue weighted by atomic mass is 10.1. The Hall–Kier alpha value is -1.91. The molecule has 1 atom stereocenters. The van der Waals surface area contributed by atoms with Crippen molar-refractivity contribution in [3.8, 4) is 5.75 Å². The number of hydrogen-bond donors (Lipinski definition) is 2. The zero-order chi connectivity index (χ0) is 15.1. The summed E-state index contributed by atoms with van der Waals surface area (Å²) in [5.74, 6) is 0.549. The Kier molecular flexibility index (Phi) is 5.72.